The first kappa shape index (κ1) is 17.0. The minimum absolute atomic E-state index is 0.0982. The summed E-state index contributed by atoms with van der Waals surface area (Å²) in [7, 11) is 3.12. The Kier molecular flexibility index (Phi) is 6.17. The number of nitrogens with one attached hydrogen (secondary N) is 1. The molecule has 1 N–H and O–H groups in total. The Morgan fingerprint density at radius 2 is 1.65 bits per heavy atom. The molecule has 2 aromatic rings. The monoisotopic (exact) mass is 333 g/mol. The maximum Gasteiger partial charge on any atom is 0.262 e. The molecule has 0 bridgehead atoms. The van der Waals surface area contributed by atoms with E-state index in [9.17, 15) is 4.79 Å². The summed E-state index contributed by atoms with van der Waals surface area (Å²) >= 11 is 1.57. The van der Waals surface area contributed by atoms with Gasteiger partial charge in [-0.1, -0.05) is 12.1 Å². The molecule has 122 valence electrons. The van der Waals surface area contributed by atoms with Gasteiger partial charge in [-0.25, -0.2) is 0 Å². The Morgan fingerprint density at radius 1 is 1.04 bits per heavy atom. The Balaban J connectivity index is 1.99. The summed E-state index contributed by atoms with van der Waals surface area (Å²) in [6.07, 6.45) is 1.96. The van der Waals surface area contributed by atoms with Crippen LogP contribution in [0.2, 0.25) is 0 Å². The van der Waals surface area contributed by atoms with Crippen molar-refractivity contribution in [1.29, 1.82) is 0 Å². The van der Waals surface area contributed by atoms with Crippen LogP contribution in [0.4, 0.5) is 5.69 Å². The number of anilines is 1. The number of amides is 1. The molecule has 2 rings (SSSR count). The van der Waals surface area contributed by atoms with Crippen molar-refractivity contribution in [3.63, 3.8) is 0 Å². The summed E-state index contributed by atoms with van der Waals surface area (Å²) in [6.45, 7) is -0.0982. The standard InChI is InChI=1S/C17H19NO4S/c1-20-12-8-13(21-2)10-14(9-12)22-11-17(19)18-15-6-4-5-7-16(15)23-3/h4-10H,11H2,1-3H3,(H,18,19). The minimum atomic E-state index is -0.228. The van der Waals surface area contributed by atoms with Crippen molar-refractivity contribution >= 4 is 23.4 Å². The Bertz CT molecular complexity index is 653. The lowest BCUT2D eigenvalue weighted by Gasteiger charge is -2.12. The van der Waals surface area contributed by atoms with Crippen LogP contribution in [0, 0.1) is 0 Å². The van der Waals surface area contributed by atoms with Gasteiger partial charge in [-0.05, 0) is 18.4 Å². The molecule has 5 nitrogen and oxygen atoms in total. The third-order valence-electron chi connectivity index (χ3n) is 3.08. The lowest BCUT2D eigenvalue weighted by atomic mass is 10.3. The van der Waals surface area contributed by atoms with Gasteiger partial charge in [-0.3, -0.25) is 4.79 Å². The molecule has 0 aliphatic rings. The van der Waals surface area contributed by atoms with Gasteiger partial charge in [0, 0.05) is 23.1 Å². The zero-order chi connectivity index (χ0) is 16.7. The first-order valence-corrected chi connectivity index (χ1v) is 8.17. The van der Waals surface area contributed by atoms with E-state index in [1.165, 1.54) is 0 Å². The molecule has 0 atom stereocenters. The zero-order valence-corrected chi connectivity index (χ0v) is 14.1. The molecule has 2 aromatic carbocycles. The summed E-state index contributed by atoms with van der Waals surface area (Å²) in [6, 6.07) is 12.8. The SMILES string of the molecule is COc1cc(OC)cc(OCC(=O)Nc2ccccc2SC)c1. The second-order valence-corrected chi connectivity index (χ2v) is 5.43. The van der Waals surface area contributed by atoms with Crippen LogP contribution in [0.1, 0.15) is 0 Å². The number of carbonyl (C=O) groups is 1. The Labute approximate surface area is 139 Å². The topological polar surface area (TPSA) is 56.8 Å². The minimum Gasteiger partial charge on any atom is -0.496 e. The molecule has 1 amide bonds. The third-order valence-corrected chi connectivity index (χ3v) is 3.87. The van der Waals surface area contributed by atoms with Crippen molar-refractivity contribution in [3.05, 3.63) is 42.5 Å². The lowest BCUT2D eigenvalue weighted by molar-refractivity contribution is -0.118. The van der Waals surface area contributed by atoms with Crippen molar-refractivity contribution in [2.24, 2.45) is 0 Å². The van der Waals surface area contributed by atoms with Gasteiger partial charge in [-0.2, -0.15) is 0 Å². The molecule has 0 saturated heterocycles. The van der Waals surface area contributed by atoms with Crippen molar-refractivity contribution in [1.82, 2.24) is 0 Å². The van der Waals surface area contributed by atoms with E-state index in [-0.39, 0.29) is 12.5 Å². The van der Waals surface area contributed by atoms with Crippen molar-refractivity contribution in [2.75, 3.05) is 32.4 Å². The smallest absolute Gasteiger partial charge is 0.262 e. The van der Waals surface area contributed by atoms with E-state index in [0.717, 1.165) is 10.6 Å². The number of rotatable bonds is 7. The largest absolute Gasteiger partial charge is 0.496 e. The van der Waals surface area contributed by atoms with E-state index < -0.39 is 0 Å². The summed E-state index contributed by atoms with van der Waals surface area (Å²) in [5, 5.41) is 2.84. The number of thioether (sulfide) groups is 1. The number of benzene rings is 2. The van der Waals surface area contributed by atoms with E-state index in [4.69, 9.17) is 14.2 Å². The molecule has 0 spiro atoms. The highest BCUT2D eigenvalue weighted by Crippen LogP contribution is 2.28. The number of hydrogen-bond donors (Lipinski definition) is 1. The molecule has 0 aliphatic carbocycles. The summed E-state index contributed by atoms with van der Waals surface area (Å²) < 4.78 is 15.9. The molecule has 0 saturated carbocycles. The van der Waals surface area contributed by atoms with Gasteiger partial charge in [0.1, 0.15) is 17.2 Å². The first-order chi connectivity index (χ1) is 11.2. The van der Waals surface area contributed by atoms with Crippen molar-refractivity contribution in [2.45, 2.75) is 4.90 Å². The third kappa shape index (κ3) is 4.82. The van der Waals surface area contributed by atoms with Crippen LogP contribution in [0.5, 0.6) is 17.2 Å². The maximum absolute atomic E-state index is 12.1. The average Bonchev–Trinajstić information content (AvgIpc) is 2.60. The predicted molar refractivity (Wildman–Crippen MR) is 91.9 cm³/mol. The van der Waals surface area contributed by atoms with Crippen molar-refractivity contribution in [3.8, 4) is 17.2 Å². The lowest BCUT2D eigenvalue weighted by Crippen LogP contribution is -2.20. The number of para-hydroxylation sites is 1. The van der Waals surface area contributed by atoms with E-state index in [0.29, 0.717) is 17.2 Å². The van der Waals surface area contributed by atoms with E-state index in [1.807, 2.05) is 30.5 Å². The van der Waals surface area contributed by atoms with Crippen LogP contribution in [0.15, 0.2) is 47.4 Å². The van der Waals surface area contributed by atoms with E-state index >= 15 is 0 Å². The fraction of sp³-hybridized carbons (Fsp3) is 0.235. The maximum atomic E-state index is 12.1. The number of hydrogen-bond acceptors (Lipinski definition) is 5. The molecular formula is C17H19NO4S. The van der Waals surface area contributed by atoms with Gasteiger partial charge >= 0.3 is 0 Å². The fourth-order valence-electron chi connectivity index (χ4n) is 1.95. The molecule has 0 unspecified atom stereocenters. The molecule has 0 aliphatic heterocycles. The van der Waals surface area contributed by atoms with Crippen LogP contribution in [-0.2, 0) is 4.79 Å². The number of ether oxygens (including phenoxy) is 3. The number of methoxy groups -OCH3 is 2. The predicted octanol–water partition coefficient (Wildman–Crippen LogP) is 3.44. The molecule has 0 aromatic heterocycles. The normalized spacial score (nSPS) is 10.0. The van der Waals surface area contributed by atoms with Gasteiger partial charge in [0.15, 0.2) is 6.61 Å². The van der Waals surface area contributed by atoms with Gasteiger partial charge in [0.2, 0.25) is 0 Å². The molecule has 0 radical (unpaired) electrons. The summed E-state index contributed by atoms with van der Waals surface area (Å²) in [5.41, 5.74) is 0.775. The van der Waals surface area contributed by atoms with Crippen molar-refractivity contribution < 1.29 is 19.0 Å². The molecule has 0 heterocycles. The Morgan fingerprint density at radius 3 is 2.26 bits per heavy atom. The van der Waals surface area contributed by atoms with Crippen LogP contribution < -0.4 is 19.5 Å². The number of carbonyl (C=O) groups excluding carboxylic acids is 1. The van der Waals surface area contributed by atoms with E-state index in [1.54, 1.807) is 44.2 Å². The summed E-state index contributed by atoms with van der Waals surface area (Å²) in [5.74, 6) is 1.49. The van der Waals surface area contributed by atoms with Gasteiger partial charge in [0.25, 0.3) is 5.91 Å². The second-order valence-electron chi connectivity index (χ2n) is 4.59. The fourth-order valence-corrected chi connectivity index (χ4v) is 2.50. The van der Waals surface area contributed by atoms with E-state index in [2.05, 4.69) is 5.32 Å². The zero-order valence-electron chi connectivity index (χ0n) is 13.3. The highest BCUT2D eigenvalue weighted by Gasteiger charge is 2.08. The van der Waals surface area contributed by atoms with Gasteiger partial charge < -0.3 is 19.5 Å². The van der Waals surface area contributed by atoms with Crippen LogP contribution in [0.25, 0.3) is 0 Å². The van der Waals surface area contributed by atoms with Crippen LogP contribution in [-0.4, -0.2) is 33.0 Å². The molecule has 6 heteroatoms. The van der Waals surface area contributed by atoms with Crippen LogP contribution >= 0.6 is 11.8 Å². The quantitative estimate of drug-likeness (QED) is 0.787. The summed E-state index contributed by atoms with van der Waals surface area (Å²) in [4.78, 5) is 13.1. The van der Waals surface area contributed by atoms with Crippen LogP contribution in [0.3, 0.4) is 0 Å². The molecular weight excluding hydrogens is 314 g/mol. The highest BCUT2D eigenvalue weighted by atomic mass is 32.2. The second kappa shape index (κ2) is 8.33. The Hall–Kier alpha value is -2.34. The average molecular weight is 333 g/mol. The molecule has 23 heavy (non-hydrogen) atoms. The highest BCUT2D eigenvalue weighted by molar-refractivity contribution is 7.98. The molecule has 0 fully saturated rings. The van der Waals surface area contributed by atoms with Gasteiger partial charge in [0.05, 0.1) is 19.9 Å². The first-order valence-electron chi connectivity index (χ1n) is 6.95. The van der Waals surface area contributed by atoms with Gasteiger partial charge in [-0.15, -0.1) is 11.8 Å².